The van der Waals surface area contributed by atoms with Crippen LogP contribution in [0.3, 0.4) is 0 Å². The van der Waals surface area contributed by atoms with E-state index in [2.05, 4.69) is 94.2 Å². The normalized spacial score (nSPS) is 13.5. The second-order valence-corrected chi connectivity index (χ2v) is 9.03. The first-order chi connectivity index (χ1) is 12.6. The molecule has 0 amide bonds. The Bertz CT molecular complexity index is 603. The molecule has 0 aliphatic rings. The molecule has 2 aromatic carbocycles. The largest absolute Gasteiger partial charge is 0.376 e. The second kappa shape index (κ2) is 11.9. The van der Waals surface area contributed by atoms with Crippen LogP contribution in [-0.4, -0.2) is 22.9 Å². The van der Waals surface area contributed by atoms with Crippen LogP contribution >= 0.6 is 31.9 Å². The number of ether oxygens (including phenoxy) is 2. The molecule has 0 aromatic heterocycles. The van der Waals surface area contributed by atoms with Gasteiger partial charge in [0.2, 0.25) is 0 Å². The molecule has 2 rings (SSSR count). The van der Waals surface area contributed by atoms with Crippen LogP contribution in [-0.2, 0) is 22.7 Å². The van der Waals surface area contributed by atoms with Crippen molar-refractivity contribution in [3.05, 3.63) is 59.7 Å². The minimum Gasteiger partial charge on any atom is -0.376 e. The first-order valence-electron chi connectivity index (χ1n) is 9.24. The lowest BCUT2D eigenvalue weighted by molar-refractivity contribution is 0.122. The molecule has 0 saturated heterocycles. The Morgan fingerprint density at radius 3 is 1.54 bits per heavy atom. The standard InChI is InChI=1S/C22H28Br2O2/c1-3-21(23)15-25-13-17-7-5-9-19(11-17)20-10-6-8-18(12-20)14-26-16-22(24)4-2/h5-12,21-22H,3-4,13-16H2,1-2H3. The molecule has 0 aliphatic carbocycles. The average Bonchev–Trinajstić information content (AvgIpc) is 2.68. The van der Waals surface area contributed by atoms with Gasteiger partial charge in [0, 0.05) is 9.65 Å². The molecule has 26 heavy (non-hydrogen) atoms. The molecule has 0 spiro atoms. The van der Waals surface area contributed by atoms with Gasteiger partial charge in [-0.2, -0.15) is 0 Å². The second-order valence-electron chi connectivity index (χ2n) is 6.44. The molecule has 0 N–H and O–H groups in total. The van der Waals surface area contributed by atoms with Gasteiger partial charge in [0.15, 0.2) is 0 Å². The third-order valence-corrected chi connectivity index (χ3v) is 6.03. The van der Waals surface area contributed by atoms with Gasteiger partial charge in [-0.05, 0) is 47.2 Å². The molecule has 2 unspecified atom stereocenters. The van der Waals surface area contributed by atoms with Gasteiger partial charge in [-0.3, -0.25) is 0 Å². The van der Waals surface area contributed by atoms with E-state index in [1.165, 1.54) is 22.3 Å². The number of hydrogen-bond donors (Lipinski definition) is 0. The highest BCUT2D eigenvalue weighted by Gasteiger charge is 2.05. The van der Waals surface area contributed by atoms with Crippen molar-refractivity contribution in [3.63, 3.8) is 0 Å². The van der Waals surface area contributed by atoms with Crippen LogP contribution in [0.4, 0.5) is 0 Å². The minimum atomic E-state index is 0.425. The van der Waals surface area contributed by atoms with Crippen molar-refractivity contribution in [2.24, 2.45) is 0 Å². The van der Waals surface area contributed by atoms with E-state index in [1.54, 1.807) is 0 Å². The molecule has 0 saturated carbocycles. The molecular weight excluding hydrogens is 456 g/mol. The van der Waals surface area contributed by atoms with Crippen LogP contribution in [0.5, 0.6) is 0 Å². The van der Waals surface area contributed by atoms with E-state index in [-0.39, 0.29) is 0 Å². The van der Waals surface area contributed by atoms with E-state index in [0.29, 0.717) is 22.9 Å². The van der Waals surface area contributed by atoms with Gasteiger partial charge in [-0.1, -0.05) is 82.1 Å². The zero-order valence-electron chi connectivity index (χ0n) is 15.6. The Labute approximate surface area is 174 Å². The maximum absolute atomic E-state index is 5.80. The summed E-state index contributed by atoms with van der Waals surface area (Å²) < 4.78 is 11.6. The lowest BCUT2D eigenvalue weighted by atomic mass is 10.0. The third-order valence-electron chi connectivity index (χ3n) is 4.21. The SMILES string of the molecule is CCC(Br)COCc1cccc(-c2cccc(COCC(Br)CC)c2)c1. The Morgan fingerprint density at radius 2 is 1.15 bits per heavy atom. The first-order valence-corrected chi connectivity index (χ1v) is 11.1. The van der Waals surface area contributed by atoms with Crippen molar-refractivity contribution in [2.45, 2.75) is 49.6 Å². The molecule has 4 heteroatoms. The first kappa shape index (κ1) is 21.6. The lowest BCUT2D eigenvalue weighted by Crippen LogP contribution is -2.07. The van der Waals surface area contributed by atoms with Crippen molar-refractivity contribution in [1.82, 2.24) is 0 Å². The van der Waals surface area contributed by atoms with Crippen LogP contribution in [0.2, 0.25) is 0 Å². The Morgan fingerprint density at radius 1 is 0.731 bits per heavy atom. The fourth-order valence-corrected chi connectivity index (χ4v) is 2.90. The van der Waals surface area contributed by atoms with Crippen LogP contribution in [0, 0.1) is 0 Å². The smallest absolute Gasteiger partial charge is 0.0717 e. The van der Waals surface area contributed by atoms with E-state index in [0.717, 1.165) is 26.1 Å². The van der Waals surface area contributed by atoms with E-state index in [9.17, 15) is 0 Å². The summed E-state index contributed by atoms with van der Waals surface area (Å²) in [6.45, 7) is 7.06. The molecule has 0 radical (unpaired) electrons. The van der Waals surface area contributed by atoms with Crippen LogP contribution < -0.4 is 0 Å². The molecule has 0 bridgehead atoms. The molecule has 2 atom stereocenters. The summed E-state index contributed by atoms with van der Waals surface area (Å²) in [4.78, 5) is 0.850. The summed E-state index contributed by atoms with van der Waals surface area (Å²) in [6.07, 6.45) is 2.14. The minimum absolute atomic E-state index is 0.425. The summed E-state index contributed by atoms with van der Waals surface area (Å²) >= 11 is 7.21. The van der Waals surface area contributed by atoms with Gasteiger partial charge in [0.05, 0.1) is 26.4 Å². The van der Waals surface area contributed by atoms with Gasteiger partial charge in [0.1, 0.15) is 0 Å². The zero-order valence-corrected chi connectivity index (χ0v) is 18.8. The van der Waals surface area contributed by atoms with Gasteiger partial charge in [0.25, 0.3) is 0 Å². The van der Waals surface area contributed by atoms with Crippen LogP contribution in [0.25, 0.3) is 11.1 Å². The van der Waals surface area contributed by atoms with Crippen molar-refractivity contribution in [1.29, 1.82) is 0 Å². The highest BCUT2D eigenvalue weighted by molar-refractivity contribution is 9.09. The summed E-state index contributed by atoms with van der Waals surface area (Å²) in [5.41, 5.74) is 4.83. The fourth-order valence-electron chi connectivity index (χ4n) is 2.53. The third kappa shape index (κ3) is 7.51. The quantitative estimate of drug-likeness (QED) is 0.329. The summed E-state index contributed by atoms with van der Waals surface area (Å²) in [5, 5.41) is 0. The highest BCUT2D eigenvalue weighted by Crippen LogP contribution is 2.23. The molecule has 142 valence electrons. The molecular formula is C22H28Br2O2. The van der Waals surface area contributed by atoms with E-state index >= 15 is 0 Å². The molecule has 2 nitrogen and oxygen atoms in total. The number of benzene rings is 2. The molecule has 0 fully saturated rings. The molecule has 0 heterocycles. The maximum atomic E-state index is 5.80. The molecule has 2 aromatic rings. The van der Waals surface area contributed by atoms with Crippen molar-refractivity contribution in [2.75, 3.05) is 13.2 Å². The fraction of sp³-hybridized carbons (Fsp3) is 0.455. The van der Waals surface area contributed by atoms with Gasteiger partial charge < -0.3 is 9.47 Å². The van der Waals surface area contributed by atoms with E-state index in [4.69, 9.17) is 9.47 Å². The monoisotopic (exact) mass is 482 g/mol. The van der Waals surface area contributed by atoms with E-state index < -0.39 is 0 Å². The predicted molar refractivity (Wildman–Crippen MR) is 117 cm³/mol. The zero-order chi connectivity index (χ0) is 18.8. The number of rotatable bonds is 11. The van der Waals surface area contributed by atoms with Crippen LogP contribution in [0.15, 0.2) is 48.5 Å². The van der Waals surface area contributed by atoms with Crippen LogP contribution in [0.1, 0.15) is 37.8 Å². The predicted octanol–water partition coefficient (Wildman–Crippen LogP) is 6.73. The maximum Gasteiger partial charge on any atom is 0.0717 e. The average molecular weight is 484 g/mol. The van der Waals surface area contributed by atoms with Gasteiger partial charge in [-0.25, -0.2) is 0 Å². The van der Waals surface area contributed by atoms with E-state index in [1.807, 2.05) is 0 Å². The lowest BCUT2D eigenvalue weighted by Gasteiger charge is -2.11. The Kier molecular flexibility index (Phi) is 9.91. The summed E-state index contributed by atoms with van der Waals surface area (Å²) in [7, 11) is 0. The summed E-state index contributed by atoms with van der Waals surface area (Å²) in [6, 6.07) is 17.1. The van der Waals surface area contributed by atoms with Crippen molar-refractivity contribution in [3.8, 4) is 11.1 Å². The Balaban J connectivity index is 1.97. The Hall–Kier alpha value is -0.680. The van der Waals surface area contributed by atoms with Gasteiger partial charge >= 0.3 is 0 Å². The van der Waals surface area contributed by atoms with Crippen molar-refractivity contribution < 1.29 is 9.47 Å². The number of alkyl halides is 2. The topological polar surface area (TPSA) is 18.5 Å². The number of hydrogen-bond acceptors (Lipinski definition) is 2. The number of halogens is 2. The van der Waals surface area contributed by atoms with Crippen molar-refractivity contribution >= 4 is 31.9 Å². The molecule has 0 aliphatic heterocycles. The summed E-state index contributed by atoms with van der Waals surface area (Å²) in [5.74, 6) is 0. The highest BCUT2D eigenvalue weighted by atomic mass is 79.9. The van der Waals surface area contributed by atoms with Gasteiger partial charge in [-0.15, -0.1) is 0 Å².